The number of benzene rings is 1. The Labute approximate surface area is 85.2 Å². The Hall–Kier alpha value is -1.03. The fourth-order valence-corrected chi connectivity index (χ4v) is 1.66. The van der Waals surface area contributed by atoms with Gasteiger partial charge in [0.15, 0.2) is 0 Å². The van der Waals surface area contributed by atoms with Crippen molar-refractivity contribution in [3.63, 3.8) is 0 Å². The van der Waals surface area contributed by atoms with E-state index in [2.05, 4.69) is 4.72 Å². The van der Waals surface area contributed by atoms with E-state index in [9.17, 15) is 8.42 Å². The Bertz CT molecular complexity index is 410. The molecule has 0 aliphatic rings. The van der Waals surface area contributed by atoms with Crippen molar-refractivity contribution in [2.24, 2.45) is 0 Å². The van der Waals surface area contributed by atoms with Gasteiger partial charge in [-0.05, 0) is 23.6 Å². The summed E-state index contributed by atoms with van der Waals surface area (Å²) in [7, 11) is -3.18. The molecule has 77 valence electrons. The van der Waals surface area contributed by atoms with E-state index in [-0.39, 0.29) is 0 Å². The molecule has 0 fully saturated rings. The molecule has 0 aliphatic heterocycles. The number of anilines is 1. The molecule has 1 aromatic carbocycles. The smallest absolute Gasteiger partial charge is 0.229 e. The zero-order chi connectivity index (χ0) is 10.8. The van der Waals surface area contributed by atoms with E-state index in [1.807, 2.05) is 32.0 Å². The van der Waals surface area contributed by atoms with Crippen molar-refractivity contribution in [3.05, 3.63) is 35.7 Å². The molecule has 0 atom stereocenters. The third-order valence-corrected chi connectivity index (χ3v) is 2.35. The maximum Gasteiger partial charge on any atom is 0.229 e. The van der Waals surface area contributed by atoms with Crippen molar-refractivity contribution in [2.75, 3.05) is 11.0 Å². The van der Waals surface area contributed by atoms with E-state index in [4.69, 9.17) is 0 Å². The predicted molar refractivity (Wildman–Crippen MR) is 58.6 cm³/mol. The lowest BCUT2D eigenvalue weighted by Gasteiger charge is -2.08. The summed E-state index contributed by atoms with van der Waals surface area (Å²) in [4.78, 5) is 0. The average molecular weight is 212 g/mol. The van der Waals surface area contributed by atoms with Crippen LogP contribution in [0.5, 0.6) is 0 Å². The van der Waals surface area contributed by atoms with Gasteiger partial charge in [-0.15, -0.1) is 0 Å². The predicted octanol–water partition coefficient (Wildman–Crippen LogP) is 2.02. The topological polar surface area (TPSA) is 46.2 Å². The van der Waals surface area contributed by atoms with Gasteiger partial charge < -0.3 is 0 Å². The minimum absolute atomic E-state index is 0.603. The van der Waals surface area contributed by atoms with E-state index in [0.29, 0.717) is 5.69 Å². The van der Waals surface area contributed by atoms with Crippen LogP contribution in [-0.2, 0) is 10.0 Å². The molecule has 1 N–H and O–H groups in total. The molecule has 14 heavy (non-hydrogen) atoms. The summed E-state index contributed by atoms with van der Waals surface area (Å²) in [5, 5.41) is 0. The van der Waals surface area contributed by atoms with E-state index in [1.54, 1.807) is 6.07 Å². The fourth-order valence-electron chi connectivity index (χ4n) is 1.11. The molecule has 0 saturated carbocycles. The summed E-state index contributed by atoms with van der Waals surface area (Å²) in [6.07, 6.45) is 1.14. The lowest BCUT2D eigenvalue weighted by atomic mass is 10.0. The van der Waals surface area contributed by atoms with Crippen LogP contribution in [0.25, 0.3) is 0 Å². The molecule has 4 heteroatoms. The molecule has 0 saturated heterocycles. The highest BCUT2D eigenvalue weighted by atomic mass is 32.2. The van der Waals surface area contributed by atoms with E-state index < -0.39 is 10.0 Å². The summed E-state index contributed by atoms with van der Waals surface area (Å²) in [6.45, 7) is 3.97. The molecular weight excluding hydrogens is 198 g/mol. The lowest BCUT2D eigenvalue weighted by Crippen LogP contribution is -2.09. The number of rotatable bonds is 3. The maximum absolute atomic E-state index is 11.0. The van der Waals surface area contributed by atoms with Crippen molar-refractivity contribution < 1.29 is 8.42 Å². The molecule has 0 amide bonds. The van der Waals surface area contributed by atoms with Gasteiger partial charge in [0.25, 0.3) is 0 Å². The second-order valence-electron chi connectivity index (χ2n) is 3.46. The van der Waals surface area contributed by atoms with Crippen LogP contribution >= 0.6 is 0 Å². The summed E-state index contributed by atoms with van der Waals surface area (Å²) < 4.78 is 24.4. The van der Waals surface area contributed by atoms with Crippen molar-refractivity contribution in [1.29, 1.82) is 0 Å². The first-order chi connectivity index (χ1) is 6.38. The Morgan fingerprint density at radius 2 is 1.93 bits per heavy atom. The molecule has 0 aliphatic carbocycles. The van der Waals surface area contributed by atoms with E-state index in [1.165, 1.54) is 0 Å². The molecule has 1 radical (unpaired) electrons. The van der Waals surface area contributed by atoms with Gasteiger partial charge >= 0.3 is 0 Å². The molecule has 0 heterocycles. The maximum atomic E-state index is 11.0. The highest BCUT2D eigenvalue weighted by molar-refractivity contribution is 7.92. The monoisotopic (exact) mass is 212 g/mol. The second-order valence-corrected chi connectivity index (χ2v) is 5.20. The zero-order valence-electron chi connectivity index (χ0n) is 8.53. The Balaban J connectivity index is 2.95. The summed E-state index contributed by atoms with van der Waals surface area (Å²) >= 11 is 0. The molecule has 0 spiro atoms. The van der Waals surface area contributed by atoms with Gasteiger partial charge in [-0.25, -0.2) is 8.42 Å². The molecule has 0 aromatic heterocycles. The summed E-state index contributed by atoms with van der Waals surface area (Å²) in [5.74, 6) is 1.15. The highest BCUT2D eigenvalue weighted by Gasteiger charge is 2.04. The largest absolute Gasteiger partial charge is 0.284 e. The molecular formula is C10H14NO2S. The van der Waals surface area contributed by atoms with Crippen LogP contribution in [0.2, 0.25) is 0 Å². The van der Waals surface area contributed by atoms with Gasteiger partial charge in [0.1, 0.15) is 0 Å². The first-order valence-electron chi connectivity index (χ1n) is 4.27. The van der Waals surface area contributed by atoms with Crippen LogP contribution in [0.15, 0.2) is 24.3 Å². The molecule has 1 aromatic rings. The minimum Gasteiger partial charge on any atom is -0.284 e. The fraction of sp³-hybridized carbons (Fsp3) is 0.300. The summed E-state index contributed by atoms with van der Waals surface area (Å²) in [5.41, 5.74) is 1.64. The highest BCUT2D eigenvalue weighted by Crippen LogP contribution is 2.18. The van der Waals surface area contributed by atoms with Gasteiger partial charge in [0, 0.05) is 5.69 Å². The van der Waals surface area contributed by atoms with Crippen molar-refractivity contribution in [2.45, 2.75) is 13.8 Å². The lowest BCUT2D eigenvalue weighted by molar-refractivity contribution is 0.607. The molecule has 3 nitrogen and oxygen atoms in total. The zero-order valence-corrected chi connectivity index (χ0v) is 9.35. The van der Waals surface area contributed by atoms with Gasteiger partial charge in [-0.1, -0.05) is 26.0 Å². The standard InChI is InChI=1S/C10H14NO2S/c1-8(2)9-5-4-6-10(7-9)11-14(3,12)13/h4-7,11H,1-3H3. The van der Waals surface area contributed by atoms with Crippen LogP contribution < -0.4 is 4.72 Å². The SMILES string of the molecule is C[C](C)c1cccc(NS(C)(=O)=O)c1. The quantitative estimate of drug-likeness (QED) is 0.833. The Morgan fingerprint density at radius 1 is 1.29 bits per heavy atom. The van der Waals surface area contributed by atoms with Crippen LogP contribution in [-0.4, -0.2) is 14.7 Å². The van der Waals surface area contributed by atoms with E-state index >= 15 is 0 Å². The molecule has 0 unspecified atom stereocenters. The van der Waals surface area contributed by atoms with Crippen molar-refractivity contribution >= 4 is 15.7 Å². The van der Waals surface area contributed by atoms with Crippen LogP contribution in [0.4, 0.5) is 5.69 Å². The first-order valence-corrected chi connectivity index (χ1v) is 6.16. The van der Waals surface area contributed by atoms with Crippen LogP contribution in [0, 0.1) is 5.92 Å². The number of hydrogen-bond donors (Lipinski definition) is 1. The summed E-state index contributed by atoms with van der Waals surface area (Å²) in [6, 6.07) is 7.32. The van der Waals surface area contributed by atoms with Crippen molar-refractivity contribution in [1.82, 2.24) is 0 Å². The Morgan fingerprint density at radius 3 is 2.43 bits per heavy atom. The third-order valence-electron chi connectivity index (χ3n) is 1.74. The second kappa shape index (κ2) is 4.00. The number of sulfonamides is 1. The van der Waals surface area contributed by atoms with Crippen molar-refractivity contribution in [3.8, 4) is 0 Å². The first kappa shape index (κ1) is 11.0. The van der Waals surface area contributed by atoms with Gasteiger partial charge in [0.2, 0.25) is 10.0 Å². The van der Waals surface area contributed by atoms with Gasteiger partial charge in [-0.2, -0.15) is 0 Å². The van der Waals surface area contributed by atoms with E-state index in [0.717, 1.165) is 17.7 Å². The molecule has 0 bridgehead atoms. The minimum atomic E-state index is -3.18. The van der Waals surface area contributed by atoms with Gasteiger partial charge in [0.05, 0.1) is 6.26 Å². The number of nitrogens with one attached hydrogen (secondary N) is 1. The Kier molecular flexibility index (Phi) is 3.16. The molecule has 1 rings (SSSR count). The van der Waals surface area contributed by atoms with Crippen LogP contribution in [0.3, 0.4) is 0 Å². The van der Waals surface area contributed by atoms with Crippen LogP contribution in [0.1, 0.15) is 19.4 Å². The number of hydrogen-bond acceptors (Lipinski definition) is 2. The third kappa shape index (κ3) is 3.38. The van der Waals surface area contributed by atoms with Gasteiger partial charge in [-0.3, -0.25) is 4.72 Å². The normalized spacial score (nSPS) is 11.7. The average Bonchev–Trinajstić information content (AvgIpc) is 2.01.